The van der Waals surface area contributed by atoms with Crippen LogP contribution in [0, 0.1) is 0 Å². The molecule has 2 heterocycles. The Balaban J connectivity index is 0.00000312. The quantitative estimate of drug-likeness (QED) is 0.231. The van der Waals surface area contributed by atoms with E-state index in [0.29, 0.717) is 6.10 Å². The van der Waals surface area contributed by atoms with Crippen LogP contribution in [0.25, 0.3) is 0 Å². The minimum absolute atomic E-state index is 0. The topological polar surface area (TPSA) is 46.1 Å². The van der Waals surface area contributed by atoms with Crippen LogP contribution in [-0.4, -0.2) is 56.9 Å². The van der Waals surface area contributed by atoms with Crippen LogP contribution in [0.2, 0.25) is 0 Å². The van der Waals surface area contributed by atoms with E-state index in [1.807, 2.05) is 0 Å². The highest BCUT2D eigenvalue weighted by Gasteiger charge is 2.21. The maximum absolute atomic E-state index is 5.93. The van der Waals surface area contributed by atoms with Gasteiger partial charge in [0.2, 0.25) is 0 Å². The van der Waals surface area contributed by atoms with E-state index in [4.69, 9.17) is 14.5 Å². The Hall–Kier alpha value is 0.1000. The SMILES string of the molecule is CCNC(=NCc1ccc(Br)s1)N1CCC(OCCCOC)CC1.I. The average molecular weight is 546 g/mol. The number of ether oxygens (including phenoxy) is 2. The molecule has 1 fully saturated rings. The predicted molar refractivity (Wildman–Crippen MR) is 119 cm³/mol. The van der Waals surface area contributed by atoms with Crippen molar-refractivity contribution in [2.75, 3.05) is 40.0 Å². The molecule has 0 unspecified atom stereocenters. The summed E-state index contributed by atoms with van der Waals surface area (Å²) in [5, 5.41) is 3.42. The largest absolute Gasteiger partial charge is 0.385 e. The highest BCUT2D eigenvalue weighted by molar-refractivity contribution is 14.0. The van der Waals surface area contributed by atoms with Crippen LogP contribution >= 0.6 is 51.2 Å². The van der Waals surface area contributed by atoms with Crippen molar-refractivity contribution < 1.29 is 9.47 Å². The molecule has 0 atom stereocenters. The summed E-state index contributed by atoms with van der Waals surface area (Å²) in [6.45, 7) is 7.29. The monoisotopic (exact) mass is 545 g/mol. The molecule has 144 valence electrons. The smallest absolute Gasteiger partial charge is 0.194 e. The number of piperidine rings is 1. The van der Waals surface area contributed by atoms with Gasteiger partial charge in [-0.2, -0.15) is 0 Å². The van der Waals surface area contributed by atoms with E-state index in [2.05, 4.69) is 45.2 Å². The van der Waals surface area contributed by atoms with Crippen LogP contribution in [0.5, 0.6) is 0 Å². The summed E-state index contributed by atoms with van der Waals surface area (Å²) in [4.78, 5) is 8.42. The Morgan fingerprint density at radius 1 is 1.36 bits per heavy atom. The second kappa shape index (κ2) is 13.3. The van der Waals surface area contributed by atoms with Crippen LogP contribution in [-0.2, 0) is 16.0 Å². The van der Waals surface area contributed by atoms with Gasteiger partial charge in [-0.3, -0.25) is 0 Å². The van der Waals surface area contributed by atoms with Gasteiger partial charge in [0, 0.05) is 44.8 Å². The molecule has 1 aliphatic rings. The molecular formula is C17H29BrIN3O2S. The van der Waals surface area contributed by atoms with Crippen molar-refractivity contribution in [1.29, 1.82) is 0 Å². The number of thiophene rings is 1. The summed E-state index contributed by atoms with van der Waals surface area (Å²) in [6, 6.07) is 4.21. The van der Waals surface area contributed by atoms with E-state index >= 15 is 0 Å². The van der Waals surface area contributed by atoms with Crippen molar-refractivity contribution in [3.63, 3.8) is 0 Å². The van der Waals surface area contributed by atoms with E-state index in [1.54, 1.807) is 18.4 Å². The van der Waals surface area contributed by atoms with Crippen molar-refractivity contribution in [2.24, 2.45) is 4.99 Å². The lowest BCUT2D eigenvalue weighted by atomic mass is 10.1. The zero-order valence-electron chi connectivity index (χ0n) is 15.0. The van der Waals surface area contributed by atoms with Crippen molar-refractivity contribution in [3.8, 4) is 0 Å². The molecule has 1 aromatic rings. The van der Waals surface area contributed by atoms with Crippen LogP contribution < -0.4 is 5.32 Å². The maximum Gasteiger partial charge on any atom is 0.194 e. The normalized spacial score (nSPS) is 16.0. The molecule has 2 rings (SSSR count). The first-order valence-corrected chi connectivity index (χ1v) is 10.2. The fourth-order valence-corrected chi connectivity index (χ4v) is 4.11. The Bertz CT molecular complexity index is 508. The molecule has 0 amide bonds. The molecule has 0 aromatic carbocycles. The molecule has 1 saturated heterocycles. The van der Waals surface area contributed by atoms with Gasteiger partial charge in [-0.05, 0) is 54.2 Å². The lowest BCUT2D eigenvalue weighted by molar-refractivity contribution is 0.00990. The van der Waals surface area contributed by atoms with Gasteiger partial charge in [0.1, 0.15) is 0 Å². The molecule has 0 aliphatic carbocycles. The number of hydrogen-bond acceptors (Lipinski definition) is 4. The molecule has 5 nitrogen and oxygen atoms in total. The Morgan fingerprint density at radius 2 is 2.12 bits per heavy atom. The average Bonchev–Trinajstić information content (AvgIpc) is 3.01. The minimum Gasteiger partial charge on any atom is -0.385 e. The van der Waals surface area contributed by atoms with Gasteiger partial charge in [-0.1, -0.05) is 0 Å². The van der Waals surface area contributed by atoms with Crippen LogP contribution in [0.1, 0.15) is 31.1 Å². The van der Waals surface area contributed by atoms with Gasteiger partial charge in [-0.15, -0.1) is 35.3 Å². The summed E-state index contributed by atoms with van der Waals surface area (Å²) < 4.78 is 12.1. The Morgan fingerprint density at radius 3 is 2.72 bits per heavy atom. The molecule has 0 bridgehead atoms. The number of nitrogens with one attached hydrogen (secondary N) is 1. The van der Waals surface area contributed by atoms with Gasteiger partial charge in [0.15, 0.2) is 5.96 Å². The Kier molecular flexibility index (Phi) is 12.3. The van der Waals surface area contributed by atoms with Gasteiger partial charge in [0.25, 0.3) is 0 Å². The van der Waals surface area contributed by atoms with E-state index in [1.165, 1.54) is 4.88 Å². The highest BCUT2D eigenvalue weighted by Crippen LogP contribution is 2.23. The zero-order valence-corrected chi connectivity index (χ0v) is 19.7. The van der Waals surface area contributed by atoms with Gasteiger partial charge in [-0.25, -0.2) is 4.99 Å². The second-order valence-corrected chi connectivity index (χ2v) is 8.33. The summed E-state index contributed by atoms with van der Waals surface area (Å²) >= 11 is 5.25. The number of methoxy groups -OCH3 is 1. The third-order valence-corrected chi connectivity index (χ3v) is 5.54. The third kappa shape index (κ3) is 8.55. The van der Waals surface area contributed by atoms with E-state index < -0.39 is 0 Å². The molecule has 1 aromatic heterocycles. The van der Waals surface area contributed by atoms with Gasteiger partial charge in [0.05, 0.1) is 16.4 Å². The first-order valence-electron chi connectivity index (χ1n) is 8.61. The van der Waals surface area contributed by atoms with Crippen LogP contribution in [0.3, 0.4) is 0 Å². The molecule has 1 aliphatic heterocycles. The highest BCUT2D eigenvalue weighted by atomic mass is 127. The molecule has 1 N–H and O–H groups in total. The van der Waals surface area contributed by atoms with Crippen LogP contribution in [0.15, 0.2) is 20.9 Å². The number of guanidine groups is 1. The first kappa shape index (κ1) is 23.1. The van der Waals surface area contributed by atoms with Crippen LogP contribution in [0.4, 0.5) is 0 Å². The summed E-state index contributed by atoms with van der Waals surface area (Å²) in [5.41, 5.74) is 0. The number of likely N-dealkylation sites (tertiary alicyclic amines) is 1. The number of hydrogen-bond donors (Lipinski definition) is 1. The fourth-order valence-electron chi connectivity index (χ4n) is 2.70. The second-order valence-electron chi connectivity index (χ2n) is 5.78. The third-order valence-electron chi connectivity index (χ3n) is 3.94. The maximum atomic E-state index is 5.93. The van der Waals surface area contributed by atoms with Gasteiger partial charge >= 0.3 is 0 Å². The summed E-state index contributed by atoms with van der Waals surface area (Å²) in [6.07, 6.45) is 3.45. The fraction of sp³-hybridized carbons (Fsp3) is 0.706. The van der Waals surface area contributed by atoms with E-state index in [-0.39, 0.29) is 24.0 Å². The Labute approximate surface area is 180 Å². The van der Waals surface area contributed by atoms with E-state index in [9.17, 15) is 0 Å². The predicted octanol–water partition coefficient (Wildman–Crippen LogP) is 4.11. The summed E-state index contributed by atoms with van der Waals surface area (Å²) in [7, 11) is 1.73. The van der Waals surface area contributed by atoms with Crippen molar-refractivity contribution >= 4 is 57.2 Å². The molecule has 0 radical (unpaired) electrons. The lowest BCUT2D eigenvalue weighted by Crippen LogP contribution is -2.47. The molecule has 0 saturated carbocycles. The summed E-state index contributed by atoms with van der Waals surface area (Å²) in [5.74, 6) is 1.01. The number of aliphatic imine (C=N–C) groups is 1. The first-order chi connectivity index (χ1) is 11.7. The molecule has 8 heteroatoms. The molecular weight excluding hydrogens is 517 g/mol. The van der Waals surface area contributed by atoms with Crippen molar-refractivity contribution in [1.82, 2.24) is 10.2 Å². The molecule has 0 spiro atoms. The van der Waals surface area contributed by atoms with Crippen molar-refractivity contribution in [2.45, 2.75) is 38.8 Å². The van der Waals surface area contributed by atoms with E-state index in [0.717, 1.165) is 68.4 Å². The minimum atomic E-state index is 0. The van der Waals surface area contributed by atoms with Gasteiger partial charge < -0.3 is 19.7 Å². The number of nitrogens with zero attached hydrogens (tertiary/aromatic N) is 2. The molecule has 25 heavy (non-hydrogen) atoms. The number of halogens is 2. The number of rotatable bonds is 8. The standard InChI is InChI=1S/C17H28BrN3O2S.HI/c1-3-19-17(20-13-15-5-6-16(18)24-15)21-9-7-14(8-10-21)23-12-4-11-22-2;/h5-6,14H,3-4,7-13H2,1-2H3,(H,19,20);1H. The lowest BCUT2D eigenvalue weighted by Gasteiger charge is -2.34. The van der Waals surface area contributed by atoms with Crippen molar-refractivity contribution in [3.05, 3.63) is 20.8 Å². The zero-order chi connectivity index (χ0) is 17.2.